The van der Waals surface area contributed by atoms with Gasteiger partial charge in [0, 0.05) is 43.3 Å². The number of Topliss-reactive ketones (excluding diaryl/α,β-unsaturated/α-hetero) is 1. The Balaban J connectivity index is 1.39. The van der Waals surface area contributed by atoms with Crippen molar-refractivity contribution in [3.8, 4) is 0 Å². The Kier molecular flexibility index (Phi) is 4.80. The first-order chi connectivity index (χ1) is 13.6. The van der Waals surface area contributed by atoms with Crippen LogP contribution in [0.3, 0.4) is 0 Å². The van der Waals surface area contributed by atoms with Crippen molar-refractivity contribution in [2.45, 2.75) is 40.5 Å². The van der Waals surface area contributed by atoms with E-state index in [1.165, 1.54) is 4.90 Å². The fourth-order valence-electron chi connectivity index (χ4n) is 5.29. The van der Waals surface area contributed by atoms with Crippen molar-refractivity contribution < 1.29 is 14.4 Å². The number of amides is 2. The lowest BCUT2D eigenvalue weighted by Gasteiger charge is -2.49. The molecule has 2 saturated heterocycles. The van der Waals surface area contributed by atoms with Gasteiger partial charge < -0.3 is 4.90 Å². The van der Waals surface area contributed by atoms with Crippen molar-refractivity contribution in [2.24, 2.45) is 16.7 Å². The number of likely N-dealkylation sites (tertiary alicyclic amines) is 1. The van der Waals surface area contributed by atoms with Crippen LogP contribution in [0.1, 0.15) is 50.9 Å². The average molecular weight is 398 g/mol. The zero-order valence-electron chi connectivity index (χ0n) is 17.9. The second kappa shape index (κ2) is 6.94. The molecule has 156 valence electrons. The fourth-order valence-corrected chi connectivity index (χ4v) is 5.29. The van der Waals surface area contributed by atoms with Gasteiger partial charge in [-0.2, -0.15) is 0 Å². The third-order valence-corrected chi connectivity index (χ3v) is 7.86. The van der Waals surface area contributed by atoms with Gasteiger partial charge in [0.2, 0.25) is 11.8 Å². The molecule has 0 aromatic heterocycles. The molecule has 0 unspecified atom stereocenters. The smallest absolute Gasteiger partial charge is 0.236 e. The summed E-state index contributed by atoms with van der Waals surface area (Å²) in [4.78, 5) is 43.7. The molecule has 4 rings (SSSR count). The lowest BCUT2D eigenvalue weighted by atomic mass is 9.62. The average Bonchev–Trinajstić information content (AvgIpc) is 2.89. The molecule has 0 N–H and O–H groups in total. The highest BCUT2D eigenvalue weighted by Crippen LogP contribution is 2.60. The lowest BCUT2D eigenvalue weighted by Crippen LogP contribution is -2.62. The number of rotatable bonds is 4. The summed E-state index contributed by atoms with van der Waals surface area (Å²) in [5.74, 6) is 0.0371. The zero-order chi connectivity index (χ0) is 21.0. The number of anilines is 1. The maximum Gasteiger partial charge on any atom is 0.236 e. The van der Waals surface area contributed by atoms with Crippen molar-refractivity contribution >= 4 is 23.3 Å². The molecule has 2 bridgehead atoms. The number of nitrogens with zero attached hydrogens (tertiary/aromatic N) is 3. The molecular weight excluding hydrogens is 366 g/mol. The summed E-state index contributed by atoms with van der Waals surface area (Å²) >= 11 is 0. The Hall–Kier alpha value is -2.21. The molecule has 2 atom stereocenters. The number of carbonyl (C=O) groups excluding carboxylic acids is 3. The Morgan fingerprint density at radius 1 is 1.03 bits per heavy atom. The van der Waals surface area contributed by atoms with E-state index in [0.29, 0.717) is 6.67 Å². The quantitative estimate of drug-likeness (QED) is 0.578. The van der Waals surface area contributed by atoms with Crippen LogP contribution >= 0.6 is 0 Å². The van der Waals surface area contributed by atoms with Crippen molar-refractivity contribution in [3.63, 3.8) is 0 Å². The molecule has 0 radical (unpaired) electrons. The van der Waals surface area contributed by atoms with E-state index in [9.17, 15) is 14.4 Å². The zero-order valence-corrected chi connectivity index (χ0v) is 17.9. The minimum absolute atomic E-state index is 0.00324. The summed E-state index contributed by atoms with van der Waals surface area (Å²) in [6.07, 6.45) is 1.62. The van der Waals surface area contributed by atoms with Gasteiger partial charge in [0.15, 0.2) is 5.78 Å². The largest absolute Gasteiger partial charge is 0.369 e. The number of hydrogen-bond acceptors (Lipinski definition) is 5. The van der Waals surface area contributed by atoms with Crippen LogP contribution in [0.15, 0.2) is 24.3 Å². The van der Waals surface area contributed by atoms with Gasteiger partial charge in [-0.25, -0.2) is 0 Å². The van der Waals surface area contributed by atoms with E-state index in [-0.39, 0.29) is 28.9 Å². The van der Waals surface area contributed by atoms with E-state index >= 15 is 0 Å². The van der Waals surface area contributed by atoms with Gasteiger partial charge in [0.1, 0.15) is 0 Å². The Morgan fingerprint density at radius 3 is 2.24 bits per heavy atom. The number of imide groups is 1. The monoisotopic (exact) mass is 397 g/mol. The van der Waals surface area contributed by atoms with Crippen molar-refractivity contribution in [1.82, 2.24) is 9.80 Å². The number of carbonyl (C=O) groups is 3. The topological polar surface area (TPSA) is 60.9 Å². The van der Waals surface area contributed by atoms with Crippen LogP contribution in [0.5, 0.6) is 0 Å². The van der Waals surface area contributed by atoms with Gasteiger partial charge in [0.05, 0.1) is 12.1 Å². The van der Waals surface area contributed by atoms with Gasteiger partial charge in [-0.1, -0.05) is 20.8 Å². The molecule has 1 aromatic rings. The predicted octanol–water partition coefficient (Wildman–Crippen LogP) is 2.78. The summed E-state index contributed by atoms with van der Waals surface area (Å²) in [5, 5.41) is 0. The molecule has 1 aromatic carbocycles. The highest BCUT2D eigenvalue weighted by Gasteiger charge is 2.64. The molecule has 1 saturated carbocycles. The van der Waals surface area contributed by atoms with Crippen LogP contribution in [0.4, 0.5) is 5.69 Å². The Labute approximate surface area is 172 Å². The molecule has 2 amide bonds. The molecule has 6 heteroatoms. The van der Waals surface area contributed by atoms with E-state index in [1.807, 2.05) is 31.2 Å². The van der Waals surface area contributed by atoms with Crippen LogP contribution in [-0.4, -0.2) is 60.2 Å². The van der Waals surface area contributed by atoms with Gasteiger partial charge in [-0.15, -0.1) is 0 Å². The van der Waals surface area contributed by atoms with Crippen LogP contribution in [0.2, 0.25) is 0 Å². The van der Waals surface area contributed by atoms with Crippen LogP contribution in [0, 0.1) is 16.7 Å². The van der Waals surface area contributed by atoms with E-state index in [4.69, 9.17) is 0 Å². The SMILES string of the molecule is CC(=O)c1ccc(N2CCN(CN3C(=O)[C@@H]4CC[C@@](C)(C3=O)C4(C)C)CC2)cc1. The molecule has 3 aliphatic rings. The van der Waals surface area contributed by atoms with Gasteiger partial charge in [0.25, 0.3) is 0 Å². The van der Waals surface area contributed by atoms with Crippen LogP contribution in [0.25, 0.3) is 0 Å². The molecule has 3 fully saturated rings. The van der Waals surface area contributed by atoms with Crippen molar-refractivity contribution in [2.75, 3.05) is 37.7 Å². The molecular formula is C23H31N3O3. The number of piperidine rings is 1. The molecule has 2 heterocycles. The fraction of sp³-hybridized carbons (Fsp3) is 0.609. The van der Waals surface area contributed by atoms with Gasteiger partial charge in [-0.05, 0) is 49.4 Å². The highest BCUT2D eigenvalue weighted by molar-refractivity contribution is 6.03. The second-order valence-electron chi connectivity index (χ2n) is 9.57. The van der Waals surface area contributed by atoms with E-state index in [0.717, 1.165) is 50.3 Å². The van der Waals surface area contributed by atoms with Gasteiger partial charge in [-0.3, -0.25) is 24.2 Å². The molecule has 0 spiro atoms. The number of ketones is 1. The lowest BCUT2D eigenvalue weighted by molar-refractivity contribution is -0.170. The number of hydrogen-bond donors (Lipinski definition) is 0. The maximum absolute atomic E-state index is 13.2. The first-order valence-electron chi connectivity index (χ1n) is 10.6. The Morgan fingerprint density at radius 2 is 1.66 bits per heavy atom. The number of benzene rings is 1. The van der Waals surface area contributed by atoms with Crippen LogP contribution < -0.4 is 4.90 Å². The third-order valence-electron chi connectivity index (χ3n) is 7.86. The van der Waals surface area contributed by atoms with Crippen molar-refractivity contribution in [3.05, 3.63) is 29.8 Å². The Bertz CT molecular complexity index is 839. The van der Waals surface area contributed by atoms with E-state index in [2.05, 4.69) is 23.6 Å². The normalized spacial score (nSPS) is 29.4. The summed E-state index contributed by atoms with van der Waals surface area (Å²) in [6, 6.07) is 7.72. The first-order valence-corrected chi connectivity index (χ1v) is 10.6. The van der Waals surface area contributed by atoms with Gasteiger partial charge >= 0.3 is 0 Å². The summed E-state index contributed by atoms with van der Waals surface area (Å²) in [6.45, 7) is 11.4. The molecule has 2 aliphatic heterocycles. The third kappa shape index (κ3) is 3.08. The minimum Gasteiger partial charge on any atom is -0.369 e. The maximum atomic E-state index is 13.2. The van der Waals surface area contributed by atoms with E-state index < -0.39 is 5.41 Å². The summed E-state index contributed by atoms with van der Waals surface area (Å²) in [5.41, 5.74) is 1.13. The van der Waals surface area contributed by atoms with E-state index in [1.54, 1.807) is 6.92 Å². The number of piperazine rings is 1. The standard InChI is InChI=1S/C23H31N3O3/c1-16(27)17-5-7-18(8-6-17)25-13-11-24(12-14-25)15-26-20(28)19-9-10-23(4,21(26)29)22(19,2)3/h5-8,19H,9-15H2,1-4H3/t19-,23-/m0/s1. The summed E-state index contributed by atoms with van der Waals surface area (Å²) < 4.78 is 0. The van der Waals surface area contributed by atoms with Crippen molar-refractivity contribution in [1.29, 1.82) is 0 Å². The minimum atomic E-state index is -0.439. The second-order valence-corrected chi connectivity index (χ2v) is 9.57. The summed E-state index contributed by atoms with van der Waals surface area (Å²) in [7, 11) is 0. The molecule has 29 heavy (non-hydrogen) atoms. The van der Waals surface area contributed by atoms with Crippen LogP contribution in [-0.2, 0) is 9.59 Å². The first kappa shape index (κ1) is 20.1. The highest BCUT2D eigenvalue weighted by atomic mass is 16.2. The number of fused-ring (bicyclic) bond motifs is 2. The molecule has 1 aliphatic carbocycles. The molecule has 6 nitrogen and oxygen atoms in total. The predicted molar refractivity (Wildman–Crippen MR) is 112 cm³/mol.